The summed E-state index contributed by atoms with van der Waals surface area (Å²) >= 11 is 1.88. The van der Waals surface area contributed by atoms with Crippen LogP contribution in [0, 0.1) is 0 Å². The maximum atomic E-state index is 5.62. The molecule has 0 saturated heterocycles. The summed E-state index contributed by atoms with van der Waals surface area (Å²) in [5, 5.41) is 3.81. The fourth-order valence-electron chi connectivity index (χ4n) is 4.95. The van der Waals surface area contributed by atoms with Gasteiger partial charge in [0.05, 0.1) is 6.26 Å². The minimum Gasteiger partial charge on any atom is -0.464 e. The molecule has 0 saturated carbocycles. The molecule has 0 spiro atoms. The van der Waals surface area contributed by atoms with Gasteiger partial charge in [-0.15, -0.1) is 11.3 Å². The molecular formula is C32H20OS. The molecule has 0 aliphatic carbocycles. The molecule has 7 aromatic rings. The van der Waals surface area contributed by atoms with Crippen molar-refractivity contribution in [2.75, 3.05) is 0 Å². The Bertz CT molecular complexity index is 1820. The summed E-state index contributed by atoms with van der Waals surface area (Å²) in [7, 11) is 0. The van der Waals surface area contributed by atoms with Gasteiger partial charge in [0.1, 0.15) is 5.58 Å². The van der Waals surface area contributed by atoms with Gasteiger partial charge in [0.15, 0.2) is 0 Å². The smallest absolute Gasteiger partial charge is 0.134 e. The van der Waals surface area contributed by atoms with E-state index >= 15 is 0 Å². The van der Waals surface area contributed by atoms with Crippen molar-refractivity contribution in [1.82, 2.24) is 0 Å². The molecule has 0 atom stereocenters. The summed E-state index contributed by atoms with van der Waals surface area (Å²) in [6.45, 7) is 0. The largest absolute Gasteiger partial charge is 0.464 e. The lowest BCUT2D eigenvalue weighted by Crippen LogP contribution is -1.84. The van der Waals surface area contributed by atoms with Gasteiger partial charge < -0.3 is 4.42 Å². The van der Waals surface area contributed by atoms with Crippen molar-refractivity contribution in [2.24, 2.45) is 0 Å². The maximum Gasteiger partial charge on any atom is 0.134 e. The predicted molar refractivity (Wildman–Crippen MR) is 145 cm³/mol. The predicted octanol–water partition coefficient (Wildman–Crippen LogP) is 9.80. The van der Waals surface area contributed by atoms with Crippen LogP contribution in [0.2, 0.25) is 0 Å². The van der Waals surface area contributed by atoms with E-state index < -0.39 is 0 Å². The zero-order chi connectivity index (χ0) is 22.5. The summed E-state index contributed by atoms with van der Waals surface area (Å²) in [6, 6.07) is 41.3. The van der Waals surface area contributed by atoms with Crippen molar-refractivity contribution in [3.63, 3.8) is 0 Å². The molecule has 0 aliphatic heterocycles. The first-order valence-corrected chi connectivity index (χ1v) is 12.2. The third kappa shape index (κ3) is 3.07. The van der Waals surface area contributed by atoms with E-state index in [1.807, 2.05) is 23.5 Å². The lowest BCUT2D eigenvalue weighted by molar-refractivity contribution is 0.616. The molecule has 2 heteroatoms. The van der Waals surface area contributed by atoms with E-state index in [1.54, 1.807) is 6.26 Å². The topological polar surface area (TPSA) is 13.1 Å². The second kappa shape index (κ2) is 7.72. The molecule has 0 unspecified atom stereocenters. The van der Waals surface area contributed by atoms with Crippen LogP contribution in [-0.2, 0) is 0 Å². The molecule has 160 valence electrons. The fourth-order valence-corrected chi connectivity index (χ4v) is 6.19. The molecule has 1 nitrogen and oxygen atoms in total. The summed E-state index contributed by atoms with van der Waals surface area (Å²) < 4.78 is 8.30. The van der Waals surface area contributed by atoms with Gasteiger partial charge in [0.2, 0.25) is 0 Å². The highest BCUT2D eigenvalue weighted by Crippen LogP contribution is 2.40. The Morgan fingerprint density at radius 3 is 1.97 bits per heavy atom. The van der Waals surface area contributed by atoms with Crippen LogP contribution >= 0.6 is 11.3 Å². The number of benzene rings is 5. The highest BCUT2D eigenvalue weighted by molar-refractivity contribution is 7.26. The molecule has 0 amide bonds. The van der Waals surface area contributed by atoms with Crippen molar-refractivity contribution >= 4 is 42.5 Å². The molecule has 34 heavy (non-hydrogen) atoms. The minimum absolute atomic E-state index is 0.918. The average Bonchev–Trinajstić information content (AvgIpc) is 3.53. The third-order valence-corrected chi connectivity index (χ3v) is 7.80. The van der Waals surface area contributed by atoms with Gasteiger partial charge in [-0.05, 0) is 63.7 Å². The average molecular weight is 453 g/mol. The number of rotatable bonds is 3. The number of hydrogen-bond donors (Lipinski definition) is 0. The molecule has 0 fully saturated rings. The van der Waals surface area contributed by atoms with Crippen LogP contribution in [0.15, 0.2) is 126 Å². The van der Waals surface area contributed by atoms with E-state index in [4.69, 9.17) is 4.42 Å². The minimum atomic E-state index is 0.918. The van der Waals surface area contributed by atoms with E-state index in [2.05, 4.69) is 103 Å². The zero-order valence-corrected chi connectivity index (χ0v) is 19.2. The van der Waals surface area contributed by atoms with Crippen LogP contribution in [0.1, 0.15) is 0 Å². The van der Waals surface area contributed by atoms with Crippen molar-refractivity contribution in [3.05, 3.63) is 122 Å². The van der Waals surface area contributed by atoms with E-state index in [9.17, 15) is 0 Å². The summed E-state index contributed by atoms with van der Waals surface area (Å²) in [5.74, 6) is 0. The van der Waals surface area contributed by atoms with Crippen molar-refractivity contribution in [3.8, 4) is 33.4 Å². The second-order valence-corrected chi connectivity index (χ2v) is 9.63. The summed E-state index contributed by atoms with van der Waals surface area (Å²) in [4.78, 5) is 0. The van der Waals surface area contributed by atoms with Gasteiger partial charge in [0.25, 0.3) is 0 Å². The van der Waals surface area contributed by atoms with Crippen molar-refractivity contribution in [1.29, 1.82) is 0 Å². The molecule has 0 N–H and O–H groups in total. The van der Waals surface area contributed by atoms with Gasteiger partial charge in [-0.1, -0.05) is 84.9 Å². The van der Waals surface area contributed by atoms with Crippen molar-refractivity contribution < 1.29 is 4.42 Å². The molecule has 7 rings (SSSR count). The number of hydrogen-bond acceptors (Lipinski definition) is 2. The Morgan fingerprint density at radius 1 is 0.471 bits per heavy atom. The molecule has 0 bridgehead atoms. The Labute approximate surface area is 201 Å². The van der Waals surface area contributed by atoms with E-state index in [0.29, 0.717) is 0 Å². The number of fused-ring (bicyclic) bond motifs is 4. The highest BCUT2D eigenvalue weighted by atomic mass is 32.1. The van der Waals surface area contributed by atoms with Crippen LogP contribution in [0.5, 0.6) is 0 Å². The number of thiophene rings is 1. The molecule has 2 heterocycles. The van der Waals surface area contributed by atoms with E-state index in [-0.39, 0.29) is 0 Å². The highest BCUT2D eigenvalue weighted by Gasteiger charge is 2.11. The lowest BCUT2D eigenvalue weighted by Gasteiger charge is -2.10. The maximum absolute atomic E-state index is 5.62. The molecule has 2 aromatic heterocycles. The fraction of sp³-hybridized carbons (Fsp3) is 0. The van der Waals surface area contributed by atoms with Gasteiger partial charge in [-0.25, -0.2) is 0 Å². The quantitative estimate of drug-likeness (QED) is 0.260. The first-order valence-electron chi connectivity index (χ1n) is 11.4. The van der Waals surface area contributed by atoms with Gasteiger partial charge >= 0.3 is 0 Å². The van der Waals surface area contributed by atoms with Gasteiger partial charge in [-0.2, -0.15) is 0 Å². The first kappa shape index (κ1) is 19.3. The summed E-state index contributed by atoms with van der Waals surface area (Å²) in [6.07, 6.45) is 1.76. The Morgan fingerprint density at radius 2 is 1.12 bits per heavy atom. The Kier molecular flexibility index (Phi) is 4.39. The standard InChI is InChI=1S/C32H20OS/c1-2-16-31-28(11-1)29-14-5-13-26(32(29)34-31)24-10-4-8-22(20-24)21-7-3-9-23(19-21)25-12-6-15-30-27(25)17-18-33-30/h1-20H. The monoisotopic (exact) mass is 452 g/mol. The third-order valence-electron chi connectivity index (χ3n) is 6.58. The normalized spacial score (nSPS) is 11.5. The van der Waals surface area contributed by atoms with Crippen LogP contribution in [0.4, 0.5) is 0 Å². The lowest BCUT2D eigenvalue weighted by atomic mass is 9.95. The van der Waals surface area contributed by atoms with E-state index in [0.717, 1.165) is 11.0 Å². The van der Waals surface area contributed by atoms with Crippen LogP contribution < -0.4 is 0 Å². The zero-order valence-electron chi connectivity index (χ0n) is 18.4. The van der Waals surface area contributed by atoms with Crippen LogP contribution in [0.25, 0.3) is 64.5 Å². The second-order valence-electron chi connectivity index (χ2n) is 8.58. The summed E-state index contributed by atoms with van der Waals surface area (Å²) in [5.41, 5.74) is 8.28. The first-order chi connectivity index (χ1) is 16.8. The molecular weight excluding hydrogens is 432 g/mol. The Balaban J connectivity index is 1.36. The number of furan rings is 1. The van der Waals surface area contributed by atoms with Gasteiger partial charge in [-0.3, -0.25) is 0 Å². The Hall–Kier alpha value is -4.14. The SMILES string of the molecule is c1cc(-c2cccc(-c3cccc4c3sc3ccccc34)c2)cc(-c2cccc3occc23)c1. The molecule has 0 radical (unpaired) electrons. The van der Waals surface area contributed by atoms with E-state index in [1.165, 1.54) is 53.6 Å². The van der Waals surface area contributed by atoms with Crippen LogP contribution in [-0.4, -0.2) is 0 Å². The molecule has 0 aliphatic rings. The van der Waals surface area contributed by atoms with Crippen molar-refractivity contribution in [2.45, 2.75) is 0 Å². The van der Waals surface area contributed by atoms with Gasteiger partial charge in [0, 0.05) is 25.6 Å². The van der Waals surface area contributed by atoms with Crippen LogP contribution in [0.3, 0.4) is 0 Å². The molecule has 5 aromatic carbocycles.